The van der Waals surface area contributed by atoms with Crippen molar-refractivity contribution in [1.82, 2.24) is 20.2 Å². The molecule has 0 aliphatic carbocycles. The molecule has 1 aromatic heterocycles. The number of hydrogen-bond acceptors (Lipinski definition) is 4. The minimum absolute atomic E-state index is 0.00874. The Morgan fingerprint density at radius 3 is 2.58 bits per heavy atom. The van der Waals surface area contributed by atoms with Crippen molar-refractivity contribution in [3.8, 4) is 0 Å². The molecule has 2 aromatic carbocycles. The molecule has 2 unspecified atom stereocenters. The van der Waals surface area contributed by atoms with Gasteiger partial charge in [0.25, 0.3) is 0 Å². The van der Waals surface area contributed by atoms with E-state index in [1.54, 1.807) is 6.20 Å². The van der Waals surface area contributed by atoms with Crippen molar-refractivity contribution in [3.05, 3.63) is 82.9 Å². The number of hydrogen-bond donors (Lipinski definition) is 2. The molecule has 2 heterocycles. The van der Waals surface area contributed by atoms with Crippen molar-refractivity contribution >= 4 is 23.2 Å². The molecule has 6 nitrogen and oxygen atoms in total. The van der Waals surface area contributed by atoms with Gasteiger partial charge >= 0.3 is 0 Å². The average Bonchev–Trinajstić information content (AvgIpc) is 3.27. The van der Waals surface area contributed by atoms with Crippen molar-refractivity contribution in [3.63, 3.8) is 0 Å². The van der Waals surface area contributed by atoms with Gasteiger partial charge in [-0.25, -0.2) is 4.98 Å². The molecule has 2 N–H and O–H groups in total. The number of imidazole rings is 1. The summed E-state index contributed by atoms with van der Waals surface area (Å²) in [5.74, 6) is 0.391. The van der Waals surface area contributed by atoms with E-state index in [0.29, 0.717) is 12.4 Å². The van der Waals surface area contributed by atoms with Crippen LogP contribution in [0.2, 0.25) is 5.02 Å². The van der Waals surface area contributed by atoms with Gasteiger partial charge in [0.2, 0.25) is 5.91 Å². The molecule has 174 valence electrons. The van der Waals surface area contributed by atoms with E-state index in [9.17, 15) is 4.79 Å². The third-order valence-corrected chi connectivity index (χ3v) is 6.88. The van der Waals surface area contributed by atoms with E-state index in [2.05, 4.69) is 74.5 Å². The number of anilines is 1. The number of nitrogens with zero attached hydrogens (tertiary/aromatic N) is 3. The summed E-state index contributed by atoms with van der Waals surface area (Å²) in [5.41, 5.74) is 3.22. The molecule has 1 aliphatic rings. The smallest absolute Gasteiger partial charge is 0.230 e. The molecule has 1 saturated heterocycles. The Morgan fingerprint density at radius 1 is 1.18 bits per heavy atom. The number of carbonyl (C=O) groups excluding carboxylic acids is 1. The fourth-order valence-electron chi connectivity index (χ4n) is 4.59. The van der Waals surface area contributed by atoms with Crippen LogP contribution in [0.4, 0.5) is 5.69 Å². The van der Waals surface area contributed by atoms with Gasteiger partial charge in [0, 0.05) is 55.3 Å². The number of H-pyrrole nitrogens is 1. The maximum atomic E-state index is 12.7. The Morgan fingerprint density at radius 2 is 1.91 bits per heavy atom. The quantitative estimate of drug-likeness (QED) is 0.545. The van der Waals surface area contributed by atoms with Gasteiger partial charge in [-0.3, -0.25) is 9.69 Å². The summed E-state index contributed by atoms with van der Waals surface area (Å²) in [4.78, 5) is 25.0. The van der Waals surface area contributed by atoms with Crippen molar-refractivity contribution < 1.29 is 4.79 Å². The summed E-state index contributed by atoms with van der Waals surface area (Å²) < 4.78 is 0. The molecule has 0 radical (unpaired) electrons. The van der Waals surface area contributed by atoms with Gasteiger partial charge in [-0.2, -0.15) is 0 Å². The lowest BCUT2D eigenvalue weighted by atomic mass is 9.87. The number of piperazine rings is 1. The highest BCUT2D eigenvalue weighted by Gasteiger charge is 2.39. The summed E-state index contributed by atoms with van der Waals surface area (Å²) in [6.45, 7) is 10.1. The first kappa shape index (κ1) is 23.3. The summed E-state index contributed by atoms with van der Waals surface area (Å²) in [5, 5.41) is 3.86. The number of benzene rings is 2. The Balaban J connectivity index is 1.45. The number of aromatic amines is 1. The molecule has 2 atom stereocenters. The molecule has 7 heteroatoms. The summed E-state index contributed by atoms with van der Waals surface area (Å²) >= 11 is 6.10. The standard InChI is InChI=1S/C26H32ClN5O/c1-19-17-29-24(30-19)20(2)25(33)28-13-14-32-16-15-31(23-11-9-22(27)10-12-23)18-26(32,3)21-7-5-4-6-8-21/h4-12,17,20H,13-16,18H2,1-3H3,(H,28,33)(H,29,30). The number of carbonyl (C=O) groups is 1. The molecule has 4 rings (SSSR count). The topological polar surface area (TPSA) is 64.3 Å². The molecular formula is C26H32ClN5O. The SMILES string of the molecule is Cc1cnc(C(C)C(=O)NCCN2CCN(c3ccc(Cl)cc3)CC2(C)c2ccccc2)[nH]1. The molecule has 1 amide bonds. The van der Waals surface area contributed by atoms with Gasteiger partial charge in [0.1, 0.15) is 5.82 Å². The first-order valence-corrected chi connectivity index (χ1v) is 11.8. The predicted octanol–water partition coefficient (Wildman–Crippen LogP) is 4.33. The van der Waals surface area contributed by atoms with Gasteiger partial charge < -0.3 is 15.2 Å². The van der Waals surface area contributed by atoms with E-state index in [4.69, 9.17) is 11.6 Å². The number of nitrogens with one attached hydrogen (secondary N) is 2. The van der Waals surface area contributed by atoms with E-state index >= 15 is 0 Å². The normalized spacial score (nSPS) is 19.9. The molecule has 0 spiro atoms. The summed E-state index contributed by atoms with van der Waals surface area (Å²) in [6.07, 6.45) is 1.75. The Hall–Kier alpha value is -2.83. The van der Waals surface area contributed by atoms with Crippen LogP contribution in [0.15, 0.2) is 60.8 Å². The Kier molecular flexibility index (Phi) is 7.05. The number of aromatic nitrogens is 2. The van der Waals surface area contributed by atoms with Crippen LogP contribution in [0.1, 0.15) is 36.8 Å². The Bertz CT molecular complexity index is 1070. The first-order valence-electron chi connectivity index (χ1n) is 11.5. The highest BCUT2D eigenvalue weighted by molar-refractivity contribution is 6.30. The second-order valence-electron chi connectivity index (χ2n) is 8.99. The molecule has 33 heavy (non-hydrogen) atoms. The van der Waals surface area contributed by atoms with Crippen LogP contribution < -0.4 is 10.2 Å². The van der Waals surface area contributed by atoms with Crippen LogP contribution in [-0.4, -0.2) is 53.5 Å². The minimum atomic E-state index is -0.305. The highest BCUT2D eigenvalue weighted by Crippen LogP contribution is 2.34. The predicted molar refractivity (Wildman–Crippen MR) is 134 cm³/mol. The fraction of sp³-hybridized carbons (Fsp3) is 0.385. The zero-order valence-electron chi connectivity index (χ0n) is 19.5. The van der Waals surface area contributed by atoms with E-state index in [-0.39, 0.29) is 17.4 Å². The molecular weight excluding hydrogens is 434 g/mol. The fourth-order valence-corrected chi connectivity index (χ4v) is 4.71. The van der Waals surface area contributed by atoms with E-state index in [1.807, 2.05) is 26.0 Å². The van der Waals surface area contributed by atoms with Gasteiger partial charge in [0.05, 0.1) is 11.5 Å². The second-order valence-corrected chi connectivity index (χ2v) is 9.43. The molecule has 0 saturated carbocycles. The largest absolute Gasteiger partial charge is 0.368 e. The van der Waals surface area contributed by atoms with Crippen molar-refractivity contribution in [1.29, 1.82) is 0 Å². The lowest BCUT2D eigenvalue weighted by Gasteiger charge is -2.50. The lowest BCUT2D eigenvalue weighted by Crippen LogP contribution is -2.60. The molecule has 3 aromatic rings. The van der Waals surface area contributed by atoms with Crippen LogP contribution in [0, 0.1) is 6.92 Å². The zero-order chi connectivity index (χ0) is 23.4. The third kappa shape index (κ3) is 5.23. The van der Waals surface area contributed by atoms with Crippen LogP contribution in [0.25, 0.3) is 0 Å². The Labute approximate surface area is 201 Å². The zero-order valence-corrected chi connectivity index (χ0v) is 20.3. The first-order chi connectivity index (χ1) is 15.9. The van der Waals surface area contributed by atoms with Crippen LogP contribution in [0.5, 0.6) is 0 Å². The van der Waals surface area contributed by atoms with Crippen molar-refractivity contribution in [2.45, 2.75) is 32.2 Å². The summed E-state index contributed by atoms with van der Waals surface area (Å²) in [6, 6.07) is 18.7. The average molecular weight is 466 g/mol. The van der Waals surface area contributed by atoms with Gasteiger partial charge in [-0.05, 0) is 50.6 Å². The number of rotatable bonds is 7. The minimum Gasteiger partial charge on any atom is -0.368 e. The lowest BCUT2D eigenvalue weighted by molar-refractivity contribution is -0.122. The molecule has 1 aliphatic heterocycles. The number of aryl methyl sites for hydroxylation is 1. The second kappa shape index (κ2) is 9.98. The maximum absolute atomic E-state index is 12.7. The summed E-state index contributed by atoms with van der Waals surface area (Å²) in [7, 11) is 0. The monoisotopic (exact) mass is 465 g/mol. The van der Waals surface area contributed by atoms with Crippen molar-refractivity contribution in [2.24, 2.45) is 0 Å². The van der Waals surface area contributed by atoms with Gasteiger partial charge in [0.15, 0.2) is 0 Å². The third-order valence-electron chi connectivity index (χ3n) is 6.63. The van der Waals surface area contributed by atoms with Crippen LogP contribution in [-0.2, 0) is 10.3 Å². The van der Waals surface area contributed by atoms with Crippen molar-refractivity contribution in [2.75, 3.05) is 37.6 Å². The highest BCUT2D eigenvalue weighted by atomic mass is 35.5. The van der Waals surface area contributed by atoms with E-state index < -0.39 is 0 Å². The maximum Gasteiger partial charge on any atom is 0.230 e. The van der Waals surface area contributed by atoms with Crippen LogP contribution >= 0.6 is 11.6 Å². The number of halogens is 1. The van der Waals surface area contributed by atoms with E-state index in [1.165, 1.54) is 11.3 Å². The van der Waals surface area contributed by atoms with Gasteiger partial charge in [-0.15, -0.1) is 0 Å². The molecule has 0 bridgehead atoms. The number of amides is 1. The van der Waals surface area contributed by atoms with E-state index in [0.717, 1.165) is 36.9 Å². The molecule has 1 fully saturated rings. The van der Waals surface area contributed by atoms with Gasteiger partial charge in [-0.1, -0.05) is 41.9 Å². The van der Waals surface area contributed by atoms with Crippen LogP contribution in [0.3, 0.4) is 0 Å².